The highest BCUT2D eigenvalue weighted by Crippen LogP contribution is 2.31. The van der Waals surface area contributed by atoms with Crippen LogP contribution in [0, 0.1) is 0 Å². The number of aromatic amines is 1. The van der Waals surface area contributed by atoms with Crippen molar-refractivity contribution in [3.05, 3.63) is 60.8 Å². The molecule has 5 rings (SSSR count). The van der Waals surface area contributed by atoms with Gasteiger partial charge in [0.1, 0.15) is 5.75 Å². The van der Waals surface area contributed by atoms with Crippen LogP contribution in [0.15, 0.2) is 66.0 Å². The van der Waals surface area contributed by atoms with Gasteiger partial charge >= 0.3 is 0 Å². The number of aromatic nitrogens is 4. The van der Waals surface area contributed by atoms with Gasteiger partial charge in [-0.1, -0.05) is 48.2 Å². The Balaban J connectivity index is 1.36. The summed E-state index contributed by atoms with van der Waals surface area (Å²) in [5.74, 6) is 2.57. The molecular weight excluding hydrogens is 396 g/mol. The minimum absolute atomic E-state index is 0.213. The lowest BCUT2D eigenvalue weighted by Crippen LogP contribution is -2.17. The number of benzene rings is 2. The number of thioether (sulfide) groups is 1. The molecule has 0 saturated carbocycles. The van der Waals surface area contributed by atoms with Gasteiger partial charge in [-0.05, 0) is 31.0 Å². The van der Waals surface area contributed by atoms with Crippen molar-refractivity contribution in [3.8, 4) is 17.1 Å². The zero-order valence-electron chi connectivity index (χ0n) is 16.7. The second kappa shape index (κ2) is 8.93. The zero-order valence-corrected chi connectivity index (χ0v) is 17.5. The summed E-state index contributed by atoms with van der Waals surface area (Å²) in [6.07, 6.45) is 4.42. The molecule has 0 radical (unpaired) electrons. The molecule has 1 saturated heterocycles. The van der Waals surface area contributed by atoms with Gasteiger partial charge in [-0.25, -0.2) is 0 Å². The van der Waals surface area contributed by atoms with Crippen molar-refractivity contribution < 1.29 is 9.47 Å². The Kier molecular flexibility index (Phi) is 5.72. The maximum Gasteiger partial charge on any atom is 0.191 e. The molecule has 7 heteroatoms. The molecule has 2 aromatic heterocycles. The first kappa shape index (κ1) is 19.2. The number of fused-ring (bicyclic) bond motifs is 1. The third-order valence-electron chi connectivity index (χ3n) is 5.28. The van der Waals surface area contributed by atoms with Crippen LogP contribution < -0.4 is 4.74 Å². The summed E-state index contributed by atoms with van der Waals surface area (Å²) in [6.45, 7) is 2.22. The lowest BCUT2D eigenvalue weighted by atomic mass is 10.1. The fourth-order valence-electron chi connectivity index (χ4n) is 3.82. The van der Waals surface area contributed by atoms with Gasteiger partial charge in [0.2, 0.25) is 0 Å². The molecule has 0 spiro atoms. The lowest BCUT2D eigenvalue weighted by molar-refractivity contribution is 0.0953. The fourth-order valence-corrected chi connectivity index (χ4v) is 4.58. The van der Waals surface area contributed by atoms with Gasteiger partial charge in [-0.2, -0.15) is 0 Å². The highest BCUT2D eigenvalue weighted by Gasteiger charge is 2.23. The number of para-hydroxylation sites is 2. The molecule has 0 amide bonds. The number of nitrogens with one attached hydrogen (secondary N) is 1. The number of H-pyrrole nitrogens is 1. The van der Waals surface area contributed by atoms with E-state index in [1.165, 1.54) is 0 Å². The molecule has 1 fully saturated rings. The Labute approximate surface area is 179 Å². The van der Waals surface area contributed by atoms with Gasteiger partial charge < -0.3 is 14.5 Å². The molecule has 1 unspecified atom stereocenters. The standard InChI is InChI=1S/C23H24N4O2S/c1-2-7-17(8-3-1)29-13-14-30-23-26-25-22(27(23)16-18-9-6-12-28-18)20-15-24-21-11-5-4-10-19(20)21/h1-5,7-8,10-11,15,18,24H,6,9,12-14,16H2. The van der Waals surface area contributed by atoms with Crippen molar-refractivity contribution in [3.63, 3.8) is 0 Å². The van der Waals surface area contributed by atoms with Crippen LogP contribution in [-0.2, 0) is 11.3 Å². The second-order valence-electron chi connectivity index (χ2n) is 7.31. The van der Waals surface area contributed by atoms with E-state index in [4.69, 9.17) is 9.47 Å². The Bertz CT molecular complexity index is 1100. The maximum absolute atomic E-state index is 5.91. The van der Waals surface area contributed by atoms with Crippen LogP contribution >= 0.6 is 11.8 Å². The molecule has 154 valence electrons. The molecule has 3 heterocycles. The molecule has 1 aliphatic heterocycles. The topological polar surface area (TPSA) is 65.0 Å². The van der Waals surface area contributed by atoms with Crippen molar-refractivity contribution >= 4 is 22.7 Å². The van der Waals surface area contributed by atoms with Crippen molar-refractivity contribution in [1.82, 2.24) is 19.7 Å². The van der Waals surface area contributed by atoms with Gasteiger partial charge in [0, 0.05) is 35.0 Å². The molecule has 1 atom stereocenters. The largest absolute Gasteiger partial charge is 0.493 e. The van der Waals surface area contributed by atoms with E-state index in [9.17, 15) is 0 Å². The van der Waals surface area contributed by atoms with E-state index in [1.54, 1.807) is 11.8 Å². The van der Waals surface area contributed by atoms with Gasteiger partial charge in [0.15, 0.2) is 11.0 Å². The monoisotopic (exact) mass is 420 g/mol. The normalized spacial score (nSPS) is 16.3. The summed E-state index contributed by atoms with van der Waals surface area (Å²) in [6, 6.07) is 18.2. The van der Waals surface area contributed by atoms with Crippen LogP contribution in [0.25, 0.3) is 22.3 Å². The zero-order chi connectivity index (χ0) is 20.2. The van der Waals surface area contributed by atoms with Crippen LogP contribution in [0.1, 0.15) is 12.8 Å². The van der Waals surface area contributed by atoms with E-state index in [2.05, 4.69) is 37.9 Å². The van der Waals surface area contributed by atoms with E-state index in [0.29, 0.717) is 6.61 Å². The summed E-state index contributed by atoms with van der Waals surface area (Å²) in [7, 11) is 0. The molecular formula is C23H24N4O2S. The molecule has 30 heavy (non-hydrogen) atoms. The first-order valence-electron chi connectivity index (χ1n) is 10.3. The van der Waals surface area contributed by atoms with Crippen molar-refractivity contribution in [2.75, 3.05) is 19.0 Å². The number of rotatable bonds is 8. The highest BCUT2D eigenvalue weighted by atomic mass is 32.2. The molecule has 1 N–H and O–H groups in total. The number of hydrogen-bond donors (Lipinski definition) is 1. The van der Waals surface area contributed by atoms with Crippen LogP contribution in [0.5, 0.6) is 5.75 Å². The third kappa shape index (κ3) is 4.08. The van der Waals surface area contributed by atoms with E-state index >= 15 is 0 Å². The molecule has 0 bridgehead atoms. The summed E-state index contributed by atoms with van der Waals surface area (Å²) in [4.78, 5) is 3.35. The summed E-state index contributed by atoms with van der Waals surface area (Å²) >= 11 is 1.67. The van der Waals surface area contributed by atoms with Gasteiger partial charge in [-0.3, -0.25) is 4.57 Å². The fraction of sp³-hybridized carbons (Fsp3) is 0.304. The number of hydrogen-bond acceptors (Lipinski definition) is 5. The summed E-state index contributed by atoms with van der Waals surface area (Å²) in [5, 5.41) is 11.1. The Morgan fingerprint density at radius 1 is 1.10 bits per heavy atom. The van der Waals surface area contributed by atoms with Crippen molar-refractivity contribution in [2.45, 2.75) is 30.6 Å². The minimum Gasteiger partial charge on any atom is -0.493 e. The van der Waals surface area contributed by atoms with Crippen molar-refractivity contribution in [2.24, 2.45) is 0 Å². The van der Waals surface area contributed by atoms with Crippen molar-refractivity contribution in [1.29, 1.82) is 0 Å². The van der Waals surface area contributed by atoms with Crippen LogP contribution in [0.3, 0.4) is 0 Å². The molecule has 1 aliphatic rings. The molecule has 0 aliphatic carbocycles. The third-order valence-corrected chi connectivity index (χ3v) is 6.21. The molecule has 6 nitrogen and oxygen atoms in total. The lowest BCUT2D eigenvalue weighted by Gasteiger charge is -2.14. The minimum atomic E-state index is 0.213. The summed E-state index contributed by atoms with van der Waals surface area (Å²) in [5.41, 5.74) is 2.17. The van der Waals surface area contributed by atoms with Gasteiger partial charge in [0.25, 0.3) is 0 Å². The maximum atomic E-state index is 5.91. The molecule has 2 aromatic carbocycles. The molecule has 4 aromatic rings. The highest BCUT2D eigenvalue weighted by molar-refractivity contribution is 7.99. The Morgan fingerprint density at radius 2 is 1.97 bits per heavy atom. The van der Waals surface area contributed by atoms with E-state index in [-0.39, 0.29) is 6.10 Å². The van der Waals surface area contributed by atoms with Gasteiger partial charge in [0.05, 0.1) is 19.3 Å². The van der Waals surface area contributed by atoms with E-state index in [0.717, 1.165) is 64.9 Å². The first-order valence-corrected chi connectivity index (χ1v) is 11.3. The smallest absolute Gasteiger partial charge is 0.191 e. The quantitative estimate of drug-likeness (QED) is 0.328. The van der Waals surface area contributed by atoms with Gasteiger partial charge in [-0.15, -0.1) is 10.2 Å². The van der Waals surface area contributed by atoms with Crippen LogP contribution in [-0.4, -0.2) is 44.8 Å². The Morgan fingerprint density at radius 3 is 2.83 bits per heavy atom. The predicted molar refractivity (Wildman–Crippen MR) is 119 cm³/mol. The average molecular weight is 421 g/mol. The second-order valence-corrected chi connectivity index (χ2v) is 8.37. The predicted octanol–water partition coefficient (Wildman–Crippen LogP) is 4.78. The average Bonchev–Trinajstić information content (AvgIpc) is 3.53. The SMILES string of the molecule is c1ccc(OCCSc2nnc(-c3c[nH]c4ccccc34)n2CC2CCCO2)cc1. The van der Waals surface area contributed by atoms with Crippen LogP contribution in [0.2, 0.25) is 0 Å². The van der Waals surface area contributed by atoms with Crippen LogP contribution in [0.4, 0.5) is 0 Å². The number of nitrogens with zero attached hydrogens (tertiary/aromatic N) is 3. The van der Waals surface area contributed by atoms with E-state index in [1.807, 2.05) is 42.6 Å². The van der Waals surface area contributed by atoms with E-state index < -0.39 is 0 Å². The first-order chi connectivity index (χ1) is 14.9. The number of ether oxygens (including phenoxy) is 2. The Hall–Kier alpha value is -2.77. The summed E-state index contributed by atoms with van der Waals surface area (Å²) < 4.78 is 13.9.